The zero-order chi connectivity index (χ0) is 19.5. The van der Waals surface area contributed by atoms with Gasteiger partial charge in [0.2, 0.25) is 0 Å². The summed E-state index contributed by atoms with van der Waals surface area (Å²) in [7, 11) is 0. The molecular weight excluding hydrogens is 380 g/mol. The van der Waals surface area contributed by atoms with Gasteiger partial charge in [-0.15, -0.1) is 0 Å². The first-order valence-electron chi connectivity index (χ1n) is 8.79. The lowest BCUT2D eigenvalue weighted by Gasteiger charge is -2.09. The van der Waals surface area contributed by atoms with E-state index in [1.807, 2.05) is 12.1 Å². The first-order valence-corrected chi connectivity index (χ1v) is 9.17. The fourth-order valence-electron chi connectivity index (χ4n) is 2.66. The van der Waals surface area contributed by atoms with Crippen molar-refractivity contribution >= 4 is 17.6 Å². The minimum Gasteiger partial charge on any atom is -0.424 e. The van der Waals surface area contributed by atoms with Crippen LogP contribution in [0.3, 0.4) is 0 Å². The zero-order valence-electron chi connectivity index (χ0n) is 14.8. The van der Waals surface area contributed by atoms with Crippen LogP contribution in [0.5, 0.6) is 11.8 Å². The smallest absolute Gasteiger partial charge is 0.328 e. The fourth-order valence-corrected chi connectivity index (χ4v) is 2.78. The molecule has 142 valence electrons. The van der Waals surface area contributed by atoms with Gasteiger partial charge in [-0.3, -0.25) is 4.79 Å². The molecule has 0 amide bonds. The van der Waals surface area contributed by atoms with E-state index in [1.165, 1.54) is 0 Å². The molecule has 0 saturated heterocycles. The Balaban J connectivity index is 1.58. The van der Waals surface area contributed by atoms with E-state index < -0.39 is 5.97 Å². The third-order valence-electron chi connectivity index (χ3n) is 4.29. The molecule has 1 aromatic heterocycles. The van der Waals surface area contributed by atoms with Crippen LogP contribution in [0.25, 0.3) is 11.4 Å². The van der Waals surface area contributed by atoms with Crippen molar-refractivity contribution in [2.45, 2.75) is 25.2 Å². The highest BCUT2D eigenvalue weighted by molar-refractivity contribution is 6.30. The molecule has 0 aliphatic heterocycles. The van der Waals surface area contributed by atoms with Crippen LogP contribution in [-0.4, -0.2) is 20.9 Å². The molecule has 0 unspecified atom stereocenters. The number of ether oxygens (including phenoxy) is 1. The number of aromatic nitrogens is 3. The van der Waals surface area contributed by atoms with Crippen LogP contribution in [0, 0.1) is 0 Å². The Hall–Kier alpha value is -3.03. The summed E-state index contributed by atoms with van der Waals surface area (Å²) in [4.78, 5) is 28.9. The van der Waals surface area contributed by atoms with E-state index in [1.54, 1.807) is 36.4 Å². The van der Waals surface area contributed by atoms with Crippen molar-refractivity contribution in [1.29, 1.82) is 0 Å². The van der Waals surface area contributed by atoms with Gasteiger partial charge < -0.3 is 9.57 Å². The summed E-state index contributed by atoms with van der Waals surface area (Å²) in [6.45, 7) is 0. The van der Waals surface area contributed by atoms with Gasteiger partial charge in [-0.25, -0.2) is 4.98 Å². The van der Waals surface area contributed by atoms with Crippen molar-refractivity contribution in [2.75, 3.05) is 0 Å². The molecule has 0 atom stereocenters. The van der Waals surface area contributed by atoms with Crippen LogP contribution in [0.1, 0.15) is 30.1 Å². The standard InChI is InChI=1S/C20H17ClN4O3/c21-15-7-5-14(6-8-15)19-23-18(13-3-4-13)24-20(25-19)27-16-9-1-12(2-10-16)11-17(26)28-22/h1-2,5-10,13H,3-4,11,22H2. The average Bonchev–Trinajstić information content (AvgIpc) is 3.55. The van der Waals surface area contributed by atoms with Gasteiger partial charge in [-0.05, 0) is 54.8 Å². The number of hydrogen-bond acceptors (Lipinski definition) is 7. The molecule has 7 nitrogen and oxygen atoms in total. The third kappa shape index (κ3) is 4.44. The van der Waals surface area contributed by atoms with E-state index >= 15 is 0 Å². The maximum absolute atomic E-state index is 11.2. The quantitative estimate of drug-likeness (QED) is 0.632. The first-order chi connectivity index (χ1) is 13.6. The van der Waals surface area contributed by atoms with Gasteiger partial charge in [0.15, 0.2) is 5.82 Å². The number of rotatable bonds is 6. The molecule has 28 heavy (non-hydrogen) atoms. The van der Waals surface area contributed by atoms with Crippen molar-refractivity contribution in [1.82, 2.24) is 15.0 Å². The second-order valence-corrected chi connectivity index (χ2v) is 6.93. The van der Waals surface area contributed by atoms with E-state index in [2.05, 4.69) is 19.8 Å². The lowest BCUT2D eigenvalue weighted by Crippen LogP contribution is -2.12. The molecule has 0 bridgehead atoms. The Bertz CT molecular complexity index is 989. The van der Waals surface area contributed by atoms with Crippen LogP contribution >= 0.6 is 11.6 Å². The van der Waals surface area contributed by atoms with Crippen LogP contribution < -0.4 is 10.6 Å². The number of hydrogen-bond donors (Lipinski definition) is 1. The lowest BCUT2D eigenvalue weighted by atomic mass is 10.1. The molecule has 4 rings (SSSR count). The number of benzene rings is 2. The summed E-state index contributed by atoms with van der Waals surface area (Å²) in [6, 6.07) is 14.5. The Morgan fingerprint density at radius 2 is 1.75 bits per heavy atom. The Labute approximate surface area is 166 Å². The SMILES string of the molecule is NOC(=O)Cc1ccc(Oc2nc(-c3ccc(Cl)cc3)nc(C3CC3)n2)cc1. The summed E-state index contributed by atoms with van der Waals surface area (Å²) >= 11 is 5.97. The minimum absolute atomic E-state index is 0.0923. The summed E-state index contributed by atoms with van der Waals surface area (Å²) in [6.07, 6.45) is 2.22. The third-order valence-corrected chi connectivity index (χ3v) is 4.54. The van der Waals surface area contributed by atoms with Gasteiger partial charge in [-0.2, -0.15) is 15.9 Å². The lowest BCUT2D eigenvalue weighted by molar-refractivity contribution is -0.143. The van der Waals surface area contributed by atoms with Crippen molar-refractivity contribution < 1.29 is 14.4 Å². The molecule has 1 aliphatic carbocycles. The molecular formula is C20H17ClN4O3. The average molecular weight is 397 g/mol. The normalized spacial score (nSPS) is 13.2. The summed E-state index contributed by atoms with van der Waals surface area (Å²) in [5.74, 6) is 6.54. The monoisotopic (exact) mass is 396 g/mol. The van der Waals surface area contributed by atoms with Gasteiger partial charge in [0.25, 0.3) is 0 Å². The molecule has 0 spiro atoms. The first kappa shape index (κ1) is 18.3. The second kappa shape index (κ2) is 7.92. The Kier molecular flexibility index (Phi) is 5.18. The molecule has 8 heteroatoms. The number of nitrogens with zero attached hydrogens (tertiary/aromatic N) is 3. The molecule has 1 fully saturated rings. The van der Waals surface area contributed by atoms with Gasteiger partial charge in [0.1, 0.15) is 11.6 Å². The van der Waals surface area contributed by atoms with Crippen LogP contribution in [0.15, 0.2) is 48.5 Å². The predicted octanol–water partition coefficient (Wildman–Crippen LogP) is 3.82. The van der Waals surface area contributed by atoms with Crippen molar-refractivity contribution in [2.24, 2.45) is 5.90 Å². The summed E-state index contributed by atoms with van der Waals surface area (Å²) in [5, 5.41) is 0.648. The van der Waals surface area contributed by atoms with Crippen LogP contribution in [0.4, 0.5) is 0 Å². The minimum atomic E-state index is -0.507. The number of halogens is 1. The molecule has 0 radical (unpaired) electrons. The van der Waals surface area contributed by atoms with Gasteiger partial charge in [0.05, 0.1) is 6.42 Å². The Morgan fingerprint density at radius 1 is 1.04 bits per heavy atom. The number of carbonyl (C=O) groups excluding carboxylic acids is 1. The number of nitrogens with two attached hydrogens (primary N) is 1. The van der Waals surface area contributed by atoms with Crippen LogP contribution in [0.2, 0.25) is 5.02 Å². The van der Waals surface area contributed by atoms with E-state index in [4.69, 9.17) is 22.2 Å². The summed E-state index contributed by atoms with van der Waals surface area (Å²) < 4.78 is 5.84. The van der Waals surface area contributed by atoms with Gasteiger partial charge >= 0.3 is 12.0 Å². The second-order valence-electron chi connectivity index (χ2n) is 6.49. The summed E-state index contributed by atoms with van der Waals surface area (Å²) in [5.41, 5.74) is 1.60. The maximum Gasteiger partial charge on any atom is 0.328 e. The van der Waals surface area contributed by atoms with Crippen molar-refractivity contribution in [3.63, 3.8) is 0 Å². The van der Waals surface area contributed by atoms with E-state index in [9.17, 15) is 4.79 Å². The highest BCUT2D eigenvalue weighted by atomic mass is 35.5. The zero-order valence-corrected chi connectivity index (χ0v) is 15.6. The highest BCUT2D eigenvalue weighted by Crippen LogP contribution is 2.39. The fraction of sp³-hybridized carbons (Fsp3) is 0.200. The van der Waals surface area contributed by atoms with Crippen molar-refractivity contribution in [3.8, 4) is 23.1 Å². The predicted molar refractivity (Wildman–Crippen MR) is 103 cm³/mol. The molecule has 1 saturated carbocycles. The van der Waals surface area contributed by atoms with Gasteiger partial charge in [0, 0.05) is 16.5 Å². The highest BCUT2D eigenvalue weighted by Gasteiger charge is 2.28. The number of carbonyl (C=O) groups is 1. The van der Waals surface area contributed by atoms with E-state index in [0.717, 1.165) is 29.8 Å². The molecule has 2 aromatic carbocycles. The Morgan fingerprint density at radius 3 is 2.39 bits per heavy atom. The maximum atomic E-state index is 11.2. The molecule has 1 aliphatic rings. The molecule has 3 aromatic rings. The topological polar surface area (TPSA) is 100 Å². The largest absolute Gasteiger partial charge is 0.424 e. The van der Waals surface area contributed by atoms with Crippen LogP contribution in [-0.2, 0) is 16.1 Å². The van der Waals surface area contributed by atoms with Gasteiger partial charge in [-0.1, -0.05) is 23.7 Å². The van der Waals surface area contributed by atoms with Crippen molar-refractivity contribution in [3.05, 3.63) is 64.9 Å². The molecule has 1 heterocycles. The van der Waals surface area contributed by atoms with E-state index in [0.29, 0.717) is 22.5 Å². The molecule has 2 N–H and O–H groups in total. The van der Waals surface area contributed by atoms with E-state index in [-0.39, 0.29) is 12.4 Å².